The van der Waals surface area contributed by atoms with E-state index in [1.807, 2.05) is 6.20 Å². The summed E-state index contributed by atoms with van der Waals surface area (Å²) in [7, 11) is 1.71. The van der Waals surface area contributed by atoms with Gasteiger partial charge in [-0.05, 0) is 24.5 Å². The van der Waals surface area contributed by atoms with E-state index in [0.29, 0.717) is 12.5 Å². The SMILES string of the molecule is CCC(C)c1ccc(N2CCO[C@H](COC)C2)cn1. The zero-order valence-electron chi connectivity index (χ0n) is 12.1. The van der Waals surface area contributed by atoms with Gasteiger partial charge in [0.1, 0.15) is 0 Å². The summed E-state index contributed by atoms with van der Waals surface area (Å²) >= 11 is 0. The van der Waals surface area contributed by atoms with Gasteiger partial charge < -0.3 is 14.4 Å². The first-order valence-corrected chi connectivity index (χ1v) is 7.06. The van der Waals surface area contributed by atoms with Gasteiger partial charge in [-0.2, -0.15) is 0 Å². The van der Waals surface area contributed by atoms with Gasteiger partial charge in [-0.3, -0.25) is 4.98 Å². The van der Waals surface area contributed by atoms with Crippen LogP contribution in [0.2, 0.25) is 0 Å². The van der Waals surface area contributed by atoms with Gasteiger partial charge in [0.15, 0.2) is 0 Å². The highest BCUT2D eigenvalue weighted by molar-refractivity contribution is 5.45. The summed E-state index contributed by atoms with van der Waals surface area (Å²) in [6.45, 7) is 7.60. The highest BCUT2D eigenvalue weighted by atomic mass is 16.5. The number of rotatable bonds is 5. The predicted molar refractivity (Wildman–Crippen MR) is 76.8 cm³/mol. The minimum atomic E-state index is 0.160. The summed E-state index contributed by atoms with van der Waals surface area (Å²) in [6.07, 6.45) is 3.27. The monoisotopic (exact) mass is 264 g/mol. The Balaban J connectivity index is 2.01. The Bertz CT molecular complexity index is 378. The Kier molecular flexibility index (Phi) is 5.16. The van der Waals surface area contributed by atoms with Crippen molar-refractivity contribution < 1.29 is 9.47 Å². The summed E-state index contributed by atoms with van der Waals surface area (Å²) in [5.74, 6) is 0.528. The maximum Gasteiger partial charge on any atom is 0.0983 e. The van der Waals surface area contributed by atoms with E-state index in [9.17, 15) is 0 Å². The molecule has 1 aromatic heterocycles. The van der Waals surface area contributed by atoms with Crippen molar-refractivity contribution in [2.24, 2.45) is 0 Å². The second-order valence-corrected chi connectivity index (χ2v) is 5.14. The molecule has 0 aromatic carbocycles. The second kappa shape index (κ2) is 6.87. The van der Waals surface area contributed by atoms with Crippen molar-refractivity contribution in [1.29, 1.82) is 0 Å². The fourth-order valence-electron chi connectivity index (χ4n) is 2.33. The van der Waals surface area contributed by atoms with Gasteiger partial charge in [-0.25, -0.2) is 0 Å². The molecule has 0 radical (unpaired) electrons. The molecule has 2 heterocycles. The molecule has 0 spiro atoms. The highest BCUT2D eigenvalue weighted by Crippen LogP contribution is 2.21. The smallest absolute Gasteiger partial charge is 0.0983 e. The molecule has 19 heavy (non-hydrogen) atoms. The Morgan fingerprint density at radius 3 is 3.00 bits per heavy atom. The number of hydrogen-bond donors (Lipinski definition) is 0. The summed E-state index contributed by atoms with van der Waals surface area (Å²) < 4.78 is 10.8. The van der Waals surface area contributed by atoms with Crippen LogP contribution in [0.4, 0.5) is 5.69 Å². The first-order chi connectivity index (χ1) is 9.24. The molecule has 1 unspecified atom stereocenters. The molecule has 2 rings (SSSR count). The Morgan fingerprint density at radius 2 is 2.37 bits per heavy atom. The van der Waals surface area contributed by atoms with Crippen molar-refractivity contribution in [3.05, 3.63) is 24.0 Å². The molecule has 0 aliphatic carbocycles. The molecule has 1 fully saturated rings. The maximum absolute atomic E-state index is 5.66. The van der Waals surface area contributed by atoms with E-state index in [1.165, 1.54) is 11.4 Å². The Hall–Kier alpha value is -1.13. The molecule has 1 aliphatic heterocycles. The molecule has 1 aromatic rings. The van der Waals surface area contributed by atoms with E-state index in [2.05, 4.69) is 35.9 Å². The van der Waals surface area contributed by atoms with E-state index in [-0.39, 0.29) is 6.10 Å². The van der Waals surface area contributed by atoms with Gasteiger partial charge in [0, 0.05) is 25.9 Å². The molecular weight excluding hydrogens is 240 g/mol. The van der Waals surface area contributed by atoms with Crippen LogP contribution in [0.1, 0.15) is 31.9 Å². The number of methoxy groups -OCH3 is 1. The van der Waals surface area contributed by atoms with Crippen LogP contribution in [0.15, 0.2) is 18.3 Å². The van der Waals surface area contributed by atoms with Crippen LogP contribution in [-0.2, 0) is 9.47 Å². The number of morpholine rings is 1. The lowest BCUT2D eigenvalue weighted by Crippen LogP contribution is -2.44. The largest absolute Gasteiger partial charge is 0.382 e. The minimum Gasteiger partial charge on any atom is -0.382 e. The molecule has 0 amide bonds. The van der Waals surface area contributed by atoms with E-state index in [1.54, 1.807) is 7.11 Å². The molecule has 0 N–H and O–H groups in total. The fourth-order valence-corrected chi connectivity index (χ4v) is 2.33. The van der Waals surface area contributed by atoms with Gasteiger partial charge >= 0.3 is 0 Å². The molecule has 0 bridgehead atoms. The van der Waals surface area contributed by atoms with Crippen molar-refractivity contribution in [1.82, 2.24) is 4.98 Å². The highest BCUT2D eigenvalue weighted by Gasteiger charge is 2.20. The third-order valence-electron chi connectivity index (χ3n) is 3.74. The normalized spacial score (nSPS) is 21.4. The van der Waals surface area contributed by atoms with Gasteiger partial charge in [0.25, 0.3) is 0 Å². The zero-order valence-corrected chi connectivity index (χ0v) is 12.1. The fraction of sp³-hybridized carbons (Fsp3) is 0.667. The van der Waals surface area contributed by atoms with Crippen LogP contribution in [0.3, 0.4) is 0 Å². The third kappa shape index (κ3) is 3.67. The van der Waals surface area contributed by atoms with Crippen molar-refractivity contribution in [2.75, 3.05) is 38.3 Å². The summed E-state index contributed by atoms with van der Waals surface area (Å²) in [5.41, 5.74) is 2.35. The maximum atomic E-state index is 5.66. The summed E-state index contributed by atoms with van der Waals surface area (Å²) in [6, 6.07) is 4.31. The van der Waals surface area contributed by atoms with Crippen molar-refractivity contribution in [3.8, 4) is 0 Å². The van der Waals surface area contributed by atoms with Gasteiger partial charge in [0.2, 0.25) is 0 Å². The second-order valence-electron chi connectivity index (χ2n) is 5.14. The third-order valence-corrected chi connectivity index (χ3v) is 3.74. The van der Waals surface area contributed by atoms with Gasteiger partial charge in [-0.15, -0.1) is 0 Å². The predicted octanol–water partition coefficient (Wildman–Crippen LogP) is 2.45. The topological polar surface area (TPSA) is 34.6 Å². The van der Waals surface area contributed by atoms with Gasteiger partial charge in [-0.1, -0.05) is 13.8 Å². The van der Waals surface area contributed by atoms with Crippen LogP contribution in [0, 0.1) is 0 Å². The number of ether oxygens (including phenoxy) is 2. The number of anilines is 1. The number of pyridine rings is 1. The van der Waals surface area contributed by atoms with Crippen LogP contribution in [0.25, 0.3) is 0 Å². The van der Waals surface area contributed by atoms with Crippen LogP contribution in [0.5, 0.6) is 0 Å². The van der Waals surface area contributed by atoms with E-state index >= 15 is 0 Å². The molecule has 4 heteroatoms. The first-order valence-electron chi connectivity index (χ1n) is 7.06. The molecule has 4 nitrogen and oxygen atoms in total. The average molecular weight is 264 g/mol. The molecule has 1 saturated heterocycles. The zero-order chi connectivity index (χ0) is 13.7. The minimum absolute atomic E-state index is 0.160. The Labute approximate surface area is 115 Å². The molecule has 2 atom stereocenters. The van der Waals surface area contributed by atoms with E-state index in [4.69, 9.17) is 9.47 Å². The van der Waals surface area contributed by atoms with Crippen LogP contribution in [-0.4, -0.2) is 44.5 Å². The quantitative estimate of drug-likeness (QED) is 0.818. The van der Waals surface area contributed by atoms with Crippen molar-refractivity contribution >= 4 is 5.69 Å². The standard InChI is InChI=1S/C15H24N2O2/c1-4-12(2)15-6-5-13(9-16-15)17-7-8-19-14(10-17)11-18-3/h5-6,9,12,14H,4,7-8,10-11H2,1-3H3/t12?,14-/m0/s1. The van der Waals surface area contributed by atoms with Crippen LogP contribution < -0.4 is 4.90 Å². The van der Waals surface area contributed by atoms with Crippen molar-refractivity contribution in [3.63, 3.8) is 0 Å². The lowest BCUT2D eigenvalue weighted by molar-refractivity contribution is -0.0100. The average Bonchev–Trinajstić information content (AvgIpc) is 2.47. The molecule has 0 saturated carbocycles. The lowest BCUT2D eigenvalue weighted by atomic mass is 10.0. The lowest BCUT2D eigenvalue weighted by Gasteiger charge is -2.34. The van der Waals surface area contributed by atoms with Crippen LogP contribution >= 0.6 is 0 Å². The van der Waals surface area contributed by atoms with E-state index in [0.717, 1.165) is 26.1 Å². The summed E-state index contributed by atoms with van der Waals surface area (Å²) in [5, 5.41) is 0. The van der Waals surface area contributed by atoms with E-state index < -0.39 is 0 Å². The number of aromatic nitrogens is 1. The number of hydrogen-bond acceptors (Lipinski definition) is 4. The van der Waals surface area contributed by atoms with Gasteiger partial charge in [0.05, 0.1) is 31.2 Å². The number of nitrogens with zero attached hydrogens (tertiary/aromatic N) is 2. The summed E-state index contributed by atoms with van der Waals surface area (Å²) in [4.78, 5) is 6.90. The molecule has 1 aliphatic rings. The Morgan fingerprint density at radius 1 is 1.53 bits per heavy atom. The molecular formula is C15H24N2O2. The molecule has 106 valence electrons. The first kappa shape index (κ1) is 14.3. The van der Waals surface area contributed by atoms with Crippen molar-refractivity contribution in [2.45, 2.75) is 32.3 Å².